The first-order valence-electron chi connectivity index (χ1n) is 6.81. The van der Waals surface area contributed by atoms with E-state index < -0.39 is 0 Å². The van der Waals surface area contributed by atoms with Gasteiger partial charge in [-0.15, -0.1) is 0 Å². The molecule has 1 aliphatic heterocycles. The highest BCUT2D eigenvalue weighted by molar-refractivity contribution is 4.79. The minimum atomic E-state index is 0.752. The van der Waals surface area contributed by atoms with Crippen LogP contribution < -0.4 is 5.32 Å². The summed E-state index contributed by atoms with van der Waals surface area (Å²) in [7, 11) is 0. The Bertz CT molecular complexity index is 173. The van der Waals surface area contributed by atoms with E-state index in [0.29, 0.717) is 0 Å². The Kier molecular flexibility index (Phi) is 4.45. The molecule has 0 radical (unpaired) electrons. The van der Waals surface area contributed by atoms with Crippen molar-refractivity contribution in [1.82, 2.24) is 10.2 Å². The van der Waals surface area contributed by atoms with E-state index in [-0.39, 0.29) is 0 Å². The minimum absolute atomic E-state index is 0.752. The fourth-order valence-corrected chi connectivity index (χ4v) is 3.03. The summed E-state index contributed by atoms with van der Waals surface area (Å²) in [5.74, 6) is 0.994. The second-order valence-electron chi connectivity index (χ2n) is 5.41. The van der Waals surface area contributed by atoms with Crippen molar-refractivity contribution in [3.63, 3.8) is 0 Å². The zero-order valence-corrected chi connectivity index (χ0v) is 10.2. The highest BCUT2D eigenvalue weighted by Crippen LogP contribution is 2.24. The number of nitrogens with one attached hydrogen (secondary N) is 1. The van der Waals surface area contributed by atoms with E-state index in [4.69, 9.17) is 0 Å². The Morgan fingerprint density at radius 1 is 1.13 bits per heavy atom. The van der Waals surface area contributed by atoms with Crippen LogP contribution in [0.2, 0.25) is 0 Å². The standard InChI is InChI=1S/C13H26N2/c1-12-10-14-8-9-15(12)11-13-6-4-2-3-5-7-13/h12-14H,2-11H2,1H3/t12-/m1/s1. The number of hydrogen-bond donors (Lipinski definition) is 1. The lowest BCUT2D eigenvalue weighted by molar-refractivity contribution is 0.142. The summed E-state index contributed by atoms with van der Waals surface area (Å²) in [4.78, 5) is 2.70. The van der Waals surface area contributed by atoms with Gasteiger partial charge in [0.25, 0.3) is 0 Å². The molecule has 1 atom stereocenters. The third kappa shape index (κ3) is 3.46. The molecule has 88 valence electrons. The Labute approximate surface area is 94.4 Å². The summed E-state index contributed by atoms with van der Waals surface area (Å²) in [6.07, 6.45) is 8.88. The molecule has 0 unspecified atom stereocenters. The minimum Gasteiger partial charge on any atom is -0.314 e. The maximum atomic E-state index is 3.47. The molecule has 2 heteroatoms. The van der Waals surface area contributed by atoms with Crippen molar-refractivity contribution in [3.8, 4) is 0 Å². The molecule has 0 bridgehead atoms. The van der Waals surface area contributed by atoms with E-state index in [9.17, 15) is 0 Å². The monoisotopic (exact) mass is 210 g/mol. The van der Waals surface area contributed by atoms with Crippen molar-refractivity contribution < 1.29 is 0 Å². The van der Waals surface area contributed by atoms with Gasteiger partial charge in [0.15, 0.2) is 0 Å². The Balaban J connectivity index is 1.78. The first-order valence-corrected chi connectivity index (χ1v) is 6.81. The maximum Gasteiger partial charge on any atom is 0.0193 e. The third-order valence-corrected chi connectivity index (χ3v) is 4.11. The van der Waals surface area contributed by atoms with Gasteiger partial charge < -0.3 is 5.32 Å². The fraction of sp³-hybridized carbons (Fsp3) is 1.00. The predicted octanol–water partition coefficient (Wildman–Crippen LogP) is 2.25. The van der Waals surface area contributed by atoms with E-state index in [1.165, 1.54) is 64.7 Å². The van der Waals surface area contributed by atoms with Gasteiger partial charge in [0, 0.05) is 32.2 Å². The summed E-state index contributed by atoms with van der Waals surface area (Å²) in [5, 5.41) is 3.47. The molecule has 0 spiro atoms. The van der Waals surface area contributed by atoms with Gasteiger partial charge in [-0.25, -0.2) is 0 Å². The average Bonchev–Trinajstić information content (AvgIpc) is 2.50. The summed E-state index contributed by atoms with van der Waals surface area (Å²) in [6.45, 7) is 7.37. The second-order valence-corrected chi connectivity index (χ2v) is 5.41. The molecule has 0 aromatic heterocycles. The summed E-state index contributed by atoms with van der Waals surface area (Å²) in [6, 6.07) is 0.752. The lowest BCUT2D eigenvalue weighted by Crippen LogP contribution is -2.51. The highest BCUT2D eigenvalue weighted by atomic mass is 15.2. The third-order valence-electron chi connectivity index (χ3n) is 4.11. The van der Waals surface area contributed by atoms with Gasteiger partial charge in [-0.05, 0) is 25.7 Å². The molecular formula is C13H26N2. The fourth-order valence-electron chi connectivity index (χ4n) is 3.03. The molecule has 2 rings (SSSR count). The predicted molar refractivity (Wildman–Crippen MR) is 65.1 cm³/mol. The van der Waals surface area contributed by atoms with E-state index in [1.54, 1.807) is 0 Å². The van der Waals surface area contributed by atoms with E-state index >= 15 is 0 Å². The smallest absolute Gasteiger partial charge is 0.0193 e. The Morgan fingerprint density at radius 3 is 2.53 bits per heavy atom. The molecule has 0 aromatic rings. The molecule has 0 amide bonds. The van der Waals surface area contributed by atoms with Crippen LogP contribution in [0.5, 0.6) is 0 Å². The molecule has 0 aromatic carbocycles. The molecule has 1 heterocycles. The zero-order valence-electron chi connectivity index (χ0n) is 10.2. The Hall–Kier alpha value is -0.0800. The van der Waals surface area contributed by atoms with Crippen LogP contribution in [0.3, 0.4) is 0 Å². The van der Waals surface area contributed by atoms with Crippen molar-refractivity contribution in [2.75, 3.05) is 26.2 Å². The SMILES string of the molecule is C[C@@H]1CNCCN1CC1CCCCCC1. The van der Waals surface area contributed by atoms with Crippen LogP contribution in [-0.4, -0.2) is 37.1 Å². The van der Waals surface area contributed by atoms with Gasteiger partial charge in [-0.2, -0.15) is 0 Å². The molecule has 1 saturated carbocycles. The first kappa shape index (κ1) is 11.4. The van der Waals surface area contributed by atoms with E-state index in [2.05, 4.69) is 17.1 Å². The van der Waals surface area contributed by atoms with Crippen LogP contribution in [0.4, 0.5) is 0 Å². The lowest BCUT2D eigenvalue weighted by Gasteiger charge is -2.36. The molecule has 1 N–H and O–H groups in total. The van der Waals surface area contributed by atoms with Crippen molar-refractivity contribution in [2.24, 2.45) is 5.92 Å². The molecule has 2 aliphatic rings. The molecule has 2 nitrogen and oxygen atoms in total. The van der Waals surface area contributed by atoms with Crippen LogP contribution in [0.1, 0.15) is 45.4 Å². The van der Waals surface area contributed by atoms with Crippen molar-refractivity contribution in [3.05, 3.63) is 0 Å². The number of hydrogen-bond acceptors (Lipinski definition) is 2. The van der Waals surface area contributed by atoms with Gasteiger partial charge in [0.2, 0.25) is 0 Å². The van der Waals surface area contributed by atoms with Crippen LogP contribution >= 0.6 is 0 Å². The van der Waals surface area contributed by atoms with Crippen molar-refractivity contribution in [1.29, 1.82) is 0 Å². The Morgan fingerprint density at radius 2 is 1.87 bits per heavy atom. The van der Waals surface area contributed by atoms with Crippen molar-refractivity contribution in [2.45, 2.75) is 51.5 Å². The summed E-state index contributed by atoms with van der Waals surface area (Å²) in [5.41, 5.74) is 0. The largest absolute Gasteiger partial charge is 0.314 e. The topological polar surface area (TPSA) is 15.3 Å². The quantitative estimate of drug-likeness (QED) is 0.703. The van der Waals surface area contributed by atoms with E-state index in [0.717, 1.165) is 12.0 Å². The molecule has 1 aliphatic carbocycles. The second kappa shape index (κ2) is 5.86. The summed E-state index contributed by atoms with van der Waals surface area (Å²) >= 11 is 0. The first-order chi connectivity index (χ1) is 7.36. The number of piperazine rings is 1. The van der Waals surface area contributed by atoms with Gasteiger partial charge >= 0.3 is 0 Å². The number of nitrogens with zero attached hydrogens (tertiary/aromatic N) is 1. The average molecular weight is 210 g/mol. The normalized spacial score (nSPS) is 31.4. The van der Waals surface area contributed by atoms with Gasteiger partial charge in [-0.3, -0.25) is 4.90 Å². The molecule has 2 fully saturated rings. The molecule has 1 saturated heterocycles. The maximum absolute atomic E-state index is 3.47. The summed E-state index contributed by atoms with van der Waals surface area (Å²) < 4.78 is 0. The van der Waals surface area contributed by atoms with Gasteiger partial charge in [0.05, 0.1) is 0 Å². The lowest BCUT2D eigenvalue weighted by atomic mass is 9.98. The van der Waals surface area contributed by atoms with Crippen LogP contribution in [-0.2, 0) is 0 Å². The van der Waals surface area contributed by atoms with Crippen LogP contribution in [0.25, 0.3) is 0 Å². The van der Waals surface area contributed by atoms with E-state index in [1.807, 2.05) is 0 Å². The van der Waals surface area contributed by atoms with Crippen molar-refractivity contribution >= 4 is 0 Å². The molecule has 15 heavy (non-hydrogen) atoms. The molecular weight excluding hydrogens is 184 g/mol. The zero-order chi connectivity index (χ0) is 10.5. The van der Waals surface area contributed by atoms with Gasteiger partial charge in [0.1, 0.15) is 0 Å². The van der Waals surface area contributed by atoms with Gasteiger partial charge in [-0.1, -0.05) is 25.7 Å². The highest BCUT2D eigenvalue weighted by Gasteiger charge is 2.21. The van der Waals surface area contributed by atoms with Crippen LogP contribution in [0, 0.1) is 5.92 Å². The van der Waals surface area contributed by atoms with Crippen LogP contribution in [0.15, 0.2) is 0 Å². The number of rotatable bonds is 2.